The van der Waals surface area contributed by atoms with E-state index < -0.39 is 0 Å². The first kappa shape index (κ1) is 17.9. The molecule has 0 bridgehead atoms. The maximum Gasteiger partial charge on any atom is 0.257 e. The van der Waals surface area contributed by atoms with Crippen molar-refractivity contribution in [1.29, 1.82) is 0 Å². The Bertz CT molecular complexity index is 750. The molecule has 0 atom stereocenters. The van der Waals surface area contributed by atoms with Crippen molar-refractivity contribution in [2.24, 2.45) is 0 Å². The summed E-state index contributed by atoms with van der Waals surface area (Å²) in [6, 6.07) is 6.68. The Labute approximate surface area is 145 Å². The van der Waals surface area contributed by atoms with E-state index in [2.05, 4.69) is 15.6 Å². The van der Waals surface area contributed by atoms with Crippen LogP contribution < -0.4 is 10.6 Å². The Morgan fingerprint density at radius 3 is 2.54 bits per heavy atom. The van der Waals surface area contributed by atoms with Crippen molar-refractivity contribution in [3.05, 3.63) is 58.4 Å². The van der Waals surface area contributed by atoms with Crippen molar-refractivity contribution in [3.63, 3.8) is 0 Å². The van der Waals surface area contributed by atoms with Crippen LogP contribution in [-0.2, 0) is 4.74 Å². The van der Waals surface area contributed by atoms with Gasteiger partial charge in [0.05, 0.1) is 17.7 Å². The number of hydrogen-bond donors (Lipinski definition) is 2. The smallest absolute Gasteiger partial charge is 0.257 e. The number of anilines is 1. The third kappa shape index (κ3) is 4.78. The Kier molecular flexibility index (Phi) is 6.28. The molecular formula is C17H18ClN3O3. The van der Waals surface area contributed by atoms with Gasteiger partial charge < -0.3 is 15.4 Å². The van der Waals surface area contributed by atoms with Gasteiger partial charge in [0.1, 0.15) is 0 Å². The minimum Gasteiger partial charge on any atom is -0.383 e. The van der Waals surface area contributed by atoms with Gasteiger partial charge in [-0.05, 0) is 36.8 Å². The zero-order valence-electron chi connectivity index (χ0n) is 13.4. The molecule has 2 aromatic rings. The second kappa shape index (κ2) is 8.42. The van der Waals surface area contributed by atoms with Crippen molar-refractivity contribution >= 4 is 29.1 Å². The number of halogens is 1. The highest BCUT2D eigenvalue weighted by molar-refractivity contribution is 6.30. The third-order valence-corrected chi connectivity index (χ3v) is 3.53. The van der Waals surface area contributed by atoms with E-state index in [1.54, 1.807) is 25.3 Å². The number of carbonyl (C=O) groups excluding carboxylic acids is 2. The first-order valence-corrected chi connectivity index (χ1v) is 7.68. The van der Waals surface area contributed by atoms with E-state index in [0.717, 1.165) is 5.56 Å². The first-order valence-electron chi connectivity index (χ1n) is 7.31. The second-order valence-corrected chi connectivity index (χ2v) is 5.56. The van der Waals surface area contributed by atoms with Crippen molar-refractivity contribution < 1.29 is 14.3 Å². The van der Waals surface area contributed by atoms with Crippen LogP contribution in [-0.4, -0.2) is 37.1 Å². The average Bonchev–Trinajstić information content (AvgIpc) is 2.57. The lowest BCUT2D eigenvalue weighted by molar-refractivity contribution is 0.0936. The SMILES string of the molecule is COCCNC(=O)c1cncc(C(=O)Nc2ccc(Cl)cc2C)c1. The van der Waals surface area contributed by atoms with Crippen molar-refractivity contribution in [2.75, 3.05) is 25.6 Å². The Morgan fingerprint density at radius 1 is 1.17 bits per heavy atom. The summed E-state index contributed by atoms with van der Waals surface area (Å²) in [6.45, 7) is 2.64. The van der Waals surface area contributed by atoms with Gasteiger partial charge in [0.15, 0.2) is 0 Å². The minimum atomic E-state index is -0.348. The maximum absolute atomic E-state index is 12.4. The van der Waals surface area contributed by atoms with E-state index in [-0.39, 0.29) is 11.8 Å². The number of ether oxygens (including phenoxy) is 1. The number of amides is 2. The van der Waals surface area contributed by atoms with Crippen molar-refractivity contribution in [2.45, 2.75) is 6.92 Å². The molecule has 24 heavy (non-hydrogen) atoms. The van der Waals surface area contributed by atoms with Crippen LogP contribution >= 0.6 is 11.6 Å². The zero-order chi connectivity index (χ0) is 17.5. The Balaban J connectivity index is 2.09. The molecule has 1 heterocycles. The van der Waals surface area contributed by atoms with E-state index in [9.17, 15) is 9.59 Å². The van der Waals surface area contributed by atoms with Gasteiger partial charge in [-0.3, -0.25) is 14.6 Å². The number of pyridine rings is 1. The van der Waals surface area contributed by atoms with Crippen LogP contribution in [0.1, 0.15) is 26.3 Å². The predicted octanol–water partition coefficient (Wildman–Crippen LogP) is 2.67. The van der Waals surface area contributed by atoms with E-state index in [4.69, 9.17) is 16.3 Å². The number of nitrogens with one attached hydrogen (secondary N) is 2. The lowest BCUT2D eigenvalue weighted by Crippen LogP contribution is -2.27. The molecule has 0 spiro atoms. The molecular weight excluding hydrogens is 330 g/mol. The fraction of sp³-hybridized carbons (Fsp3) is 0.235. The lowest BCUT2D eigenvalue weighted by Gasteiger charge is -2.09. The largest absolute Gasteiger partial charge is 0.383 e. The summed E-state index contributed by atoms with van der Waals surface area (Å²) < 4.78 is 4.87. The number of methoxy groups -OCH3 is 1. The van der Waals surface area contributed by atoms with Gasteiger partial charge in [-0.15, -0.1) is 0 Å². The van der Waals surface area contributed by atoms with Crippen molar-refractivity contribution in [1.82, 2.24) is 10.3 Å². The summed E-state index contributed by atoms with van der Waals surface area (Å²) in [5.74, 6) is -0.656. The van der Waals surface area contributed by atoms with Crippen molar-refractivity contribution in [3.8, 4) is 0 Å². The van der Waals surface area contributed by atoms with E-state index in [1.807, 2.05) is 6.92 Å². The number of carbonyl (C=O) groups is 2. The molecule has 0 aliphatic rings. The molecule has 2 N–H and O–H groups in total. The third-order valence-electron chi connectivity index (χ3n) is 3.29. The summed E-state index contributed by atoms with van der Waals surface area (Å²) in [6.07, 6.45) is 2.82. The monoisotopic (exact) mass is 347 g/mol. The minimum absolute atomic E-state index is 0.295. The molecule has 0 fully saturated rings. The van der Waals surface area contributed by atoms with Crippen LogP contribution in [0.15, 0.2) is 36.7 Å². The molecule has 2 amide bonds. The fourth-order valence-corrected chi connectivity index (χ4v) is 2.25. The highest BCUT2D eigenvalue weighted by Gasteiger charge is 2.12. The standard InChI is InChI=1S/C17H18ClN3O3/c1-11-7-14(18)3-4-15(11)21-17(23)13-8-12(9-19-10-13)16(22)20-5-6-24-2/h3-4,7-10H,5-6H2,1-2H3,(H,20,22)(H,21,23). The number of benzene rings is 1. The van der Waals surface area contributed by atoms with Crippen LogP contribution in [0, 0.1) is 6.92 Å². The molecule has 0 saturated heterocycles. The summed E-state index contributed by atoms with van der Waals surface area (Å²) in [5, 5.41) is 6.06. The van der Waals surface area contributed by atoms with Crippen LogP contribution in [0.3, 0.4) is 0 Å². The Morgan fingerprint density at radius 2 is 1.88 bits per heavy atom. The quantitative estimate of drug-likeness (QED) is 0.787. The molecule has 0 aliphatic heterocycles. The van der Waals surface area contributed by atoms with Gasteiger partial charge in [0, 0.05) is 36.8 Å². The molecule has 2 rings (SSSR count). The van der Waals surface area contributed by atoms with Gasteiger partial charge in [-0.2, -0.15) is 0 Å². The average molecular weight is 348 g/mol. The summed E-state index contributed by atoms with van der Waals surface area (Å²) in [4.78, 5) is 28.3. The number of hydrogen-bond acceptors (Lipinski definition) is 4. The molecule has 0 saturated carbocycles. The van der Waals surface area contributed by atoms with Gasteiger partial charge >= 0.3 is 0 Å². The molecule has 0 radical (unpaired) electrons. The molecule has 0 aliphatic carbocycles. The van der Waals surface area contributed by atoms with Crippen LogP contribution in [0.2, 0.25) is 5.02 Å². The maximum atomic E-state index is 12.4. The predicted molar refractivity (Wildman–Crippen MR) is 92.6 cm³/mol. The first-order chi connectivity index (χ1) is 11.5. The van der Waals surface area contributed by atoms with Gasteiger partial charge in [0.25, 0.3) is 11.8 Å². The van der Waals surface area contributed by atoms with E-state index in [1.165, 1.54) is 18.5 Å². The fourth-order valence-electron chi connectivity index (χ4n) is 2.02. The summed E-state index contributed by atoms with van der Waals surface area (Å²) >= 11 is 5.90. The molecule has 7 heteroatoms. The molecule has 1 aromatic carbocycles. The van der Waals surface area contributed by atoms with E-state index in [0.29, 0.717) is 35.0 Å². The van der Waals surface area contributed by atoms with Crippen LogP contribution in [0.25, 0.3) is 0 Å². The Hall–Kier alpha value is -2.44. The molecule has 1 aromatic heterocycles. The summed E-state index contributed by atoms with van der Waals surface area (Å²) in [7, 11) is 1.55. The second-order valence-electron chi connectivity index (χ2n) is 5.12. The summed E-state index contributed by atoms with van der Waals surface area (Å²) in [5.41, 5.74) is 2.10. The molecule has 0 unspecified atom stereocenters. The zero-order valence-corrected chi connectivity index (χ0v) is 14.2. The van der Waals surface area contributed by atoms with Crippen LogP contribution in [0.5, 0.6) is 0 Å². The highest BCUT2D eigenvalue weighted by atomic mass is 35.5. The normalized spacial score (nSPS) is 10.3. The van der Waals surface area contributed by atoms with Crippen LogP contribution in [0.4, 0.5) is 5.69 Å². The van der Waals surface area contributed by atoms with Gasteiger partial charge in [-0.25, -0.2) is 0 Å². The number of aryl methyl sites for hydroxylation is 1. The van der Waals surface area contributed by atoms with E-state index >= 15 is 0 Å². The molecule has 6 nitrogen and oxygen atoms in total. The van der Waals surface area contributed by atoms with Gasteiger partial charge in [-0.1, -0.05) is 11.6 Å². The lowest BCUT2D eigenvalue weighted by atomic mass is 10.1. The number of aromatic nitrogens is 1. The van der Waals surface area contributed by atoms with Gasteiger partial charge in [0.2, 0.25) is 0 Å². The highest BCUT2D eigenvalue weighted by Crippen LogP contribution is 2.20. The number of rotatable bonds is 6. The topological polar surface area (TPSA) is 80.3 Å². The number of nitrogens with zero attached hydrogens (tertiary/aromatic N) is 1. The molecule has 126 valence electrons.